The van der Waals surface area contributed by atoms with Gasteiger partial charge in [0.15, 0.2) is 5.96 Å². The zero-order chi connectivity index (χ0) is 21.9. The zero-order valence-corrected chi connectivity index (χ0v) is 21.8. The third kappa shape index (κ3) is 5.34. The highest BCUT2D eigenvalue weighted by molar-refractivity contribution is 14.0. The molecule has 1 atom stereocenters. The number of aromatic nitrogens is 2. The summed E-state index contributed by atoms with van der Waals surface area (Å²) >= 11 is 0. The lowest BCUT2D eigenvalue weighted by molar-refractivity contribution is 0.486. The fraction of sp³-hybridized carbons (Fsp3) is 0.385. The van der Waals surface area contributed by atoms with Crippen molar-refractivity contribution in [2.75, 3.05) is 31.6 Å². The van der Waals surface area contributed by atoms with Crippen LogP contribution in [0.3, 0.4) is 0 Å². The van der Waals surface area contributed by atoms with Crippen molar-refractivity contribution in [3.63, 3.8) is 0 Å². The maximum absolute atomic E-state index is 4.53. The average Bonchev–Trinajstić information content (AvgIpc) is 3.56. The number of anilines is 1. The van der Waals surface area contributed by atoms with Crippen LogP contribution in [0.5, 0.6) is 0 Å². The van der Waals surface area contributed by atoms with Crippen LogP contribution in [0.2, 0.25) is 0 Å². The van der Waals surface area contributed by atoms with Crippen LogP contribution >= 0.6 is 24.0 Å². The first-order chi connectivity index (χ1) is 15.7. The third-order valence-corrected chi connectivity index (χ3v) is 6.73. The number of aliphatic imine (C=N–C) groups is 1. The molecule has 1 unspecified atom stereocenters. The lowest BCUT2D eigenvalue weighted by Gasteiger charge is -2.22. The molecule has 0 aliphatic carbocycles. The number of benzene rings is 2. The first kappa shape index (κ1) is 23.6. The second-order valence-corrected chi connectivity index (χ2v) is 8.90. The Kier molecular flexibility index (Phi) is 7.57. The molecule has 1 saturated heterocycles. The molecule has 6 nitrogen and oxygen atoms in total. The Morgan fingerprint density at radius 1 is 1.09 bits per heavy atom. The van der Waals surface area contributed by atoms with Gasteiger partial charge in [-0.05, 0) is 41.2 Å². The molecule has 0 bridgehead atoms. The fourth-order valence-corrected chi connectivity index (χ4v) is 4.94. The number of halogens is 1. The summed E-state index contributed by atoms with van der Waals surface area (Å²) in [6.07, 6.45) is 6.41. The van der Waals surface area contributed by atoms with Gasteiger partial charge >= 0.3 is 0 Å². The van der Waals surface area contributed by atoms with Crippen molar-refractivity contribution in [3.8, 4) is 0 Å². The summed E-state index contributed by atoms with van der Waals surface area (Å²) in [4.78, 5) is 9.37. The predicted molar refractivity (Wildman–Crippen MR) is 145 cm³/mol. The lowest BCUT2D eigenvalue weighted by atomic mass is 10.0. The van der Waals surface area contributed by atoms with Gasteiger partial charge in [0.2, 0.25) is 0 Å². The van der Waals surface area contributed by atoms with Gasteiger partial charge in [0.1, 0.15) is 0 Å². The highest BCUT2D eigenvalue weighted by Crippen LogP contribution is 2.29. The molecule has 2 aliphatic heterocycles. The Morgan fingerprint density at radius 3 is 2.64 bits per heavy atom. The van der Waals surface area contributed by atoms with Crippen LogP contribution in [0.15, 0.2) is 65.9 Å². The van der Waals surface area contributed by atoms with Crippen molar-refractivity contribution in [2.45, 2.75) is 31.8 Å². The first-order valence-corrected chi connectivity index (χ1v) is 11.5. The summed E-state index contributed by atoms with van der Waals surface area (Å²) in [6.45, 7) is 4.87. The van der Waals surface area contributed by atoms with Gasteiger partial charge in [-0.1, -0.05) is 42.5 Å². The maximum atomic E-state index is 4.53. The van der Waals surface area contributed by atoms with Gasteiger partial charge in [-0.25, -0.2) is 0 Å². The van der Waals surface area contributed by atoms with Crippen LogP contribution < -0.4 is 10.2 Å². The Morgan fingerprint density at radius 2 is 1.88 bits per heavy atom. The van der Waals surface area contributed by atoms with Gasteiger partial charge in [0.05, 0.1) is 6.20 Å². The summed E-state index contributed by atoms with van der Waals surface area (Å²) < 4.78 is 1.89. The van der Waals surface area contributed by atoms with Gasteiger partial charge in [0, 0.05) is 64.6 Å². The zero-order valence-electron chi connectivity index (χ0n) is 19.4. The Balaban J connectivity index is 0.00000259. The quantitative estimate of drug-likeness (QED) is 0.291. The van der Waals surface area contributed by atoms with Gasteiger partial charge in [-0.15, -0.1) is 24.0 Å². The number of para-hydroxylation sites is 1. The monoisotopic (exact) mass is 556 g/mol. The third-order valence-electron chi connectivity index (χ3n) is 6.73. The van der Waals surface area contributed by atoms with E-state index in [2.05, 4.69) is 79.9 Å². The number of hydrogen-bond acceptors (Lipinski definition) is 3. The Labute approximate surface area is 213 Å². The van der Waals surface area contributed by atoms with E-state index in [1.54, 1.807) is 0 Å². The highest BCUT2D eigenvalue weighted by Gasteiger charge is 2.26. The minimum Gasteiger partial charge on any atom is -0.367 e. The van der Waals surface area contributed by atoms with Crippen molar-refractivity contribution < 1.29 is 0 Å². The van der Waals surface area contributed by atoms with Crippen molar-refractivity contribution >= 4 is 35.6 Å². The summed E-state index contributed by atoms with van der Waals surface area (Å²) in [6, 6.07) is 17.8. The maximum Gasteiger partial charge on any atom is 0.193 e. The summed E-state index contributed by atoms with van der Waals surface area (Å²) in [7, 11) is 3.85. The Hall–Kier alpha value is -2.55. The summed E-state index contributed by atoms with van der Waals surface area (Å²) in [5.74, 6) is 1.51. The lowest BCUT2D eigenvalue weighted by Crippen LogP contribution is -2.39. The topological polar surface area (TPSA) is 48.7 Å². The molecular weight excluding hydrogens is 523 g/mol. The number of nitrogens with zero attached hydrogens (tertiary/aromatic N) is 5. The first-order valence-electron chi connectivity index (χ1n) is 11.5. The standard InChI is InChI=1S/C26H32N6.HI/c1-27-26(32-14-12-23(19-32)24-16-29-30(2)18-24)28-15-20-7-9-21(10-8-20)17-31-13-11-22-5-3-4-6-25(22)31;/h3-10,16,18,23H,11-15,17,19H2,1-2H3,(H,27,28);1H. The molecule has 1 N–H and O–H groups in total. The van der Waals surface area contributed by atoms with Crippen molar-refractivity contribution in [1.82, 2.24) is 20.0 Å². The number of aryl methyl sites for hydroxylation is 1. The number of fused-ring (bicyclic) bond motifs is 1. The second kappa shape index (κ2) is 10.6. The molecule has 0 spiro atoms. The van der Waals surface area contributed by atoms with Crippen LogP contribution in [0.25, 0.3) is 0 Å². The molecule has 0 radical (unpaired) electrons. The molecule has 3 aromatic rings. The summed E-state index contributed by atoms with van der Waals surface area (Å²) in [5.41, 5.74) is 6.81. The number of guanidine groups is 1. The van der Waals surface area contributed by atoms with E-state index in [4.69, 9.17) is 0 Å². The van der Waals surface area contributed by atoms with Crippen LogP contribution in [0.1, 0.15) is 34.6 Å². The van der Waals surface area contributed by atoms with Crippen molar-refractivity contribution in [2.24, 2.45) is 12.0 Å². The molecule has 7 heteroatoms. The van der Waals surface area contributed by atoms with E-state index in [1.165, 1.54) is 27.9 Å². The smallest absolute Gasteiger partial charge is 0.193 e. The van der Waals surface area contributed by atoms with E-state index < -0.39 is 0 Å². The van der Waals surface area contributed by atoms with Crippen LogP contribution in [0.4, 0.5) is 5.69 Å². The molecule has 5 rings (SSSR count). The van der Waals surface area contributed by atoms with Gasteiger partial charge in [-0.2, -0.15) is 5.10 Å². The number of hydrogen-bond donors (Lipinski definition) is 1. The van der Waals surface area contributed by atoms with E-state index in [1.807, 2.05) is 25.0 Å². The van der Waals surface area contributed by atoms with Crippen molar-refractivity contribution in [1.29, 1.82) is 0 Å². The molecule has 1 fully saturated rings. The molecule has 0 amide bonds. The highest BCUT2D eigenvalue weighted by atomic mass is 127. The largest absolute Gasteiger partial charge is 0.367 e. The number of likely N-dealkylation sites (tertiary alicyclic amines) is 1. The van der Waals surface area contributed by atoms with E-state index in [-0.39, 0.29) is 24.0 Å². The predicted octanol–water partition coefficient (Wildman–Crippen LogP) is 4.17. The van der Waals surface area contributed by atoms with Crippen molar-refractivity contribution in [3.05, 3.63) is 83.2 Å². The van der Waals surface area contributed by atoms with Gasteiger partial charge in [-0.3, -0.25) is 9.67 Å². The van der Waals surface area contributed by atoms with Crippen LogP contribution in [0, 0.1) is 0 Å². The van der Waals surface area contributed by atoms with Crippen LogP contribution in [-0.2, 0) is 26.6 Å². The normalized spacial score (nSPS) is 17.8. The van der Waals surface area contributed by atoms with E-state index in [0.29, 0.717) is 5.92 Å². The van der Waals surface area contributed by atoms with Gasteiger partial charge in [0.25, 0.3) is 0 Å². The molecule has 1 aromatic heterocycles. The molecule has 174 valence electrons. The minimum atomic E-state index is 0. The molecule has 3 heterocycles. The average molecular weight is 556 g/mol. The Bertz CT molecular complexity index is 1090. The minimum absolute atomic E-state index is 0. The SMILES string of the molecule is CN=C(NCc1ccc(CN2CCc3ccccc32)cc1)N1CCC(c2cnn(C)c2)C1.I. The van der Waals surface area contributed by atoms with Crippen LogP contribution in [-0.4, -0.2) is 47.3 Å². The molecule has 33 heavy (non-hydrogen) atoms. The number of nitrogens with one attached hydrogen (secondary N) is 1. The molecule has 2 aliphatic rings. The summed E-state index contributed by atoms with van der Waals surface area (Å²) in [5, 5.41) is 7.88. The van der Waals surface area contributed by atoms with E-state index in [9.17, 15) is 0 Å². The second-order valence-electron chi connectivity index (χ2n) is 8.90. The molecule has 0 saturated carbocycles. The van der Waals surface area contributed by atoms with Gasteiger partial charge < -0.3 is 15.1 Å². The number of rotatable bonds is 5. The van der Waals surface area contributed by atoms with E-state index in [0.717, 1.165) is 51.5 Å². The van der Waals surface area contributed by atoms with E-state index >= 15 is 0 Å². The fourth-order valence-electron chi connectivity index (χ4n) is 4.94. The molecule has 2 aromatic carbocycles. The molecular formula is C26H33IN6.